The highest BCUT2D eigenvalue weighted by atomic mass is 16.6. The molecule has 1 atom stereocenters. The number of anilines is 2. The summed E-state index contributed by atoms with van der Waals surface area (Å²) in [5.74, 6) is 0.0720. The molecule has 10 nitrogen and oxygen atoms in total. The van der Waals surface area contributed by atoms with Crippen molar-refractivity contribution in [2.45, 2.75) is 19.5 Å². The number of hydrogen-bond acceptors (Lipinski definition) is 8. The van der Waals surface area contributed by atoms with Crippen LogP contribution in [0.3, 0.4) is 0 Å². The van der Waals surface area contributed by atoms with Crippen molar-refractivity contribution in [1.82, 2.24) is 15.3 Å². The molecule has 0 radical (unpaired) electrons. The Bertz CT molecular complexity index is 672. The Kier molecular flexibility index (Phi) is 4.51. The Hall–Kier alpha value is -3.17. The third-order valence-corrected chi connectivity index (χ3v) is 2.75. The lowest BCUT2D eigenvalue weighted by Gasteiger charge is -2.13. The van der Waals surface area contributed by atoms with Gasteiger partial charge in [0, 0.05) is 0 Å². The number of nitro groups is 1. The minimum atomic E-state index is -0.682. The van der Waals surface area contributed by atoms with E-state index in [1.54, 1.807) is 19.1 Å². The van der Waals surface area contributed by atoms with Crippen molar-refractivity contribution in [3.8, 4) is 0 Å². The molecule has 0 bridgehead atoms. The van der Waals surface area contributed by atoms with Crippen molar-refractivity contribution < 1.29 is 14.1 Å². The maximum absolute atomic E-state index is 11.9. The van der Waals surface area contributed by atoms with Crippen LogP contribution in [-0.2, 0) is 11.3 Å². The monoisotopic (exact) mass is 306 g/mol. The molecular formula is C12H14N6O4. The first-order valence-corrected chi connectivity index (χ1v) is 6.31. The molecule has 0 aliphatic rings. The standard InChI is InChI=1S/C12H14N6O4/c1-7(11(19)14-5-8-3-2-4-22-8)16-12-15-6-9(18(20)21)10(13)17-12/h2-4,6-7H,5H2,1H3,(H,14,19)(H3,13,15,16,17). The van der Waals surface area contributed by atoms with Gasteiger partial charge in [-0.25, -0.2) is 4.98 Å². The molecule has 2 rings (SSSR count). The molecule has 1 unspecified atom stereocenters. The van der Waals surface area contributed by atoms with Gasteiger partial charge in [-0.05, 0) is 19.1 Å². The van der Waals surface area contributed by atoms with Crippen LogP contribution in [0.4, 0.5) is 17.5 Å². The number of nitrogens with one attached hydrogen (secondary N) is 2. The summed E-state index contributed by atoms with van der Waals surface area (Å²) in [4.78, 5) is 29.3. The van der Waals surface area contributed by atoms with E-state index in [9.17, 15) is 14.9 Å². The van der Waals surface area contributed by atoms with Crippen LogP contribution in [0.2, 0.25) is 0 Å². The number of amides is 1. The van der Waals surface area contributed by atoms with Crippen LogP contribution in [0.15, 0.2) is 29.0 Å². The molecule has 2 aromatic heterocycles. The molecule has 10 heteroatoms. The highest BCUT2D eigenvalue weighted by Gasteiger charge is 2.17. The summed E-state index contributed by atoms with van der Waals surface area (Å²) in [6.45, 7) is 1.85. The third-order valence-electron chi connectivity index (χ3n) is 2.75. The average molecular weight is 306 g/mol. The van der Waals surface area contributed by atoms with Gasteiger partial charge in [0.05, 0.1) is 17.7 Å². The van der Waals surface area contributed by atoms with Gasteiger partial charge in [-0.1, -0.05) is 0 Å². The number of aromatic nitrogens is 2. The fourth-order valence-corrected chi connectivity index (χ4v) is 1.60. The van der Waals surface area contributed by atoms with E-state index in [1.807, 2.05) is 0 Å². The minimum absolute atomic E-state index is 0.0312. The van der Waals surface area contributed by atoms with E-state index in [2.05, 4.69) is 20.6 Å². The molecular weight excluding hydrogens is 292 g/mol. The maximum Gasteiger partial charge on any atom is 0.329 e. The summed E-state index contributed by atoms with van der Waals surface area (Å²) in [6, 6.07) is 2.80. The molecule has 0 aliphatic carbocycles. The van der Waals surface area contributed by atoms with Gasteiger partial charge >= 0.3 is 5.69 Å². The molecule has 0 aliphatic heterocycles. The normalized spacial score (nSPS) is 11.7. The summed E-state index contributed by atoms with van der Waals surface area (Å²) in [5.41, 5.74) is 5.06. The van der Waals surface area contributed by atoms with Gasteiger partial charge in [0.1, 0.15) is 18.0 Å². The van der Waals surface area contributed by atoms with Gasteiger partial charge in [-0.3, -0.25) is 14.9 Å². The number of carbonyl (C=O) groups excluding carboxylic acids is 1. The van der Waals surface area contributed by atoms with Gasteiger partial charge in [-0.2, -0.15) is 4.98 Å². The number of furan rings is 1. The molecule has 116 valence electrons. The number of carbonyl (C=O) groups is 1. The lowest BCUT2D eigenvalue weighted by atomic mass is 10.3. The van der Waals surface area contributed by atoms with E-state index in [-0.39, 0.29) is 29.9 Å². The number of nitrogen functional groups attached to an aromatic ring is 1. The largest absolute Gasteiger partial charge is 0.467 e. The zero-order chi connectivity index (χ0) is 16.1. The number of nitrogens with two attached hydrogens (primary N) is 1. The first-order valence-electron chi connectivity index (χ1n) is 6.31. The summed E-state index contributed by atoms with van der Waals surface area (Å²) >= 11 is 0. The van der Waals surface area contributed by atoms with Crippen molar-refractivity contribution >= 4 is 23.4 Å². The molecule has 0 fully saturated rings. The Morgan fingerprint density at radius 3 is 2.95 bits per heavy atom. The molecule has 0 spiro atoms. The SMILES string of the molecule is CC(Nc1ncc([N+](=O)[O-])c(N)n1)C(=O)NCc1ccco1. The van der Waals surface area contributed by atoms with Gasteiger partial charge in [0.25, 0.3) is 0 Å². The summed E-state index contributed by atoms with van der Waals surface area (Å²) in [7, 11) is 0. The second-order valence-electron chi connectivity index (χ2n) is 4.38. The van der Waals surface area contributed by atoms with Crippen molar-refractivity contribution in [1.29, 1.82) is 0 Å². The lowest BCUT2D eigenvalue weighted by molar-refractivity contribution is -0.384. The quantitative estimate of drug-likeness (QED) is 0.520. The van der Waals surface area contributed by atoms with Crippen molar-refractivity contribution in [3.05, 3.63) is 40.5 Å². The Balaban J connectivity index is 1.93. The predicted molar refractivity (Wildman–Crippen MR) is 76.7 cm³/mol. The first kappa shape index (κ1) is 15.2. The molecule has 0 aromatic carbocycles. The Labute approximate surface area is 124 Å². The van der Waals surface area contributed by atoms with Gasteiger partial charge in [0.15, 0.2) is 0 Å². The summed E-state index contributed by atoms with van der Waals surface area (Å²) in [6.07, 6.45) is 2.49. The van der Waals surface area contributed by atoms with E-state index in [0.29, 0.717) is 5.76 Å². The van der Waals surface area contributed by atoms with E-state index >= 15 is 0 Å². The average Bonchev–Trinajstić information content (AvgIpc) is 2.97. The second-order valence-corrected chi connectivity index (χ2v) is 4.38. The van der Waals surface area contributed by atoms with Crippen LogP contribution < -0.4 is 16.4 Å². The molecule has 0 saturated carbocycles. The fraction of sp³-hybridized carbons (Fsp3) is 0.250. The number of nitrogens with zero attached hydrogens (tertiary/aromatic N) is 3. The fourth-order valence-electron chi connectivity index (χ4n) is 1.60. The van der Waals surface area contributed by atoms with Crippen molar-refractivity contribution in [2.75, 3.05) is 11.1 Å². The number of rotatable bonds is 6. The van der Waals surface area contributed by atoms with Crippen molar-refractivity contribution in [2.24, 2.45) is 0 Å². The predicted octanol–water partition coefficient (Wildman–Crippen LogP) is 0.677. The Morgan fingerprint density at radius 2 is 2.36 bits per heavy atom. The number of hydrogen-bond donors (Lipinski definition) is 3. The zero-order valence-corrected chi connectivity index (χ0v) is 11.6. The maximum atomic E-state index is 11.9. The topological polar surface area (TPSA) is 149 Å². The lowest BCUT2D eigenvalue weighted by Crippen LogP contribution is -2.37. The first-order chi connectivity index (χ1) is 10.5. The molecule has 1 amide bonds. The van der Waals surface area contributed by atoms with Crippen LogP contribution >= 0.6 is 0 Å². The van der Waals surface area contributed by atoms with Gasteiger partial charge < -0.3 is 20.8 Å². The van der Waals surface area contributed by atoms with Crippen LogP contribution in [0, 0.1) is 10.1 Å². The van der Waals surface area contributed by atoms with E-state index in [1.165, 1.54) is 6.26 Å². The zero-order valence-electron chi connectivity index (χ0n) is 11.6. The van der Waals surface area contributed by atoms with Crippen LogP contribution in [-0.4, -0.2) is 26.8 Å². The molecule has 2 aromatic rings. The van der Waals surface area contributed by atoms with Gasteiger partial charge in [-0.15, -0.1) is 0 Å². The molecule has 2 heterocycles. The highest BCUT2D eigenvalue weighted by molar-refractivity contribution is 5.83. The second kappa shape index (κ2) is 6.52. The van der Waals surface area contributed by atoms with Crippen LogP contribution in [0.1, 0.15) is 12.7 Å². The van der Waals surface area contributed by atoms with Crippen LogP contribution in [0.5, 0.6) is 0 Å². The van der Waals surface area contributed by atoms with E-state index in [0.717, 1.165) is 6.20 Å². The molecule has 4 N–H and O–H groups in total. The summed E-state index contributed by atoms with van der Waals surface area (Å²) in [5, 5.41) is 16.0. The summed E-state index contributed by atoms with van der Waals surface area (Å²) < 4.78 is 5.09. The third kappa shape index (κ3) is 3.69. The van der Waals surface area contributed by atoms with E-state index in [4.69, 9.17) is 10.2 Å². The van der Waals surface area contributed by atoms with E-state index < -0.39 is 11.0 Å². The molecule has 0 saturated heterocycles. The Morgan fingerprint density at radius 1 is 1.59 bits per heavy atom. The highest BCUT2D eigenvalue weighted by Crippen LogP contribution is 2.18. The smallest absolute Gasteiger partial charge is 0.329 e. The minimum Gasteiger partial charge on any atom is -0.467 e. The van der Waals surface area contributed by atoms with Gasteiger partial charge in [0.2, 0.25) is 17.7 Å². The van der Waals surface area contributed by atoms with Crippen LogP contribution in [0.25, 0.3) is 0 Å². The molecule has 22 heavy (non-hydrogen) atoms. The van der Waals surface area contributed by atoms with Crippen molar-refractivity contribution in [3.63, 3.8) is 0 Å².